The number of nitrogens with two attached hydrogens (primary N) is 1. The fraction of sp³-hybridized carbons (Fsp3) is 0.667. The summed E-state index contributed by atoms with van der Waals surface area (Å²) in [6.45, 7) is 2.41. The van der Waals surface area contributed by atoms with Crippen molar-refractivity contribution in [2.45, 2.75) is 38.8 Å². The van der Waals surface area contributed by atoms with E-state index in [9.17, 15) is 9.18 Å². The van der Waals surface area contributed by atoms with E-state index in [1.165, 1.54) is 4.68 Å². The third-order valence-electron chi connectivity index (χ3n) is 3.40. The van der Waals surface area contributed by atoms with Gasteiger partial charge in [-0.25, -0.2) is 4.39 Å². The lowest BCUT2D eigenvalue weighted by atomic mass is 10.0. The van der Waals surface area contributed by atoms with Gasteiger partial charge in [0.05, 0.1) is 6.54 Å². The second-order valence-electron chi connectivity index (χ2n) is 4.72. The Bertz CT molecular complexity index is 432. The smallest absolute Gasteiger partial charge is 0.259 e. The molecule has 1 aliphatic rings. The summed E-state index contributed by atoms with van der Waals surface area (Å²) in [5.74, 6) is 0.0935. The van der Waals surface area contributed by atoms with Crippen LogP contribution in [0.25, 0.3) is 0 Å². The lowest BCUT2D eigenvalue weighted by molar-refractivity contribution is 0.0636. The number of carbonyl (C=O) groups excluding carboxylic acids is 1. The number of likely N-dealkylation sites (tertiary alicyclic amines) is 1. The average molecular weight is 254 g/mol. The molecule has 1 aromatic rings. The molecule has 6 heteroatoms. The Hall–Kier alpha value is -1.59. The molecule has 0 bridgehead atoms. The van der Waals surface area contributed by atoms with Gasteiger partial charge in [0.15, 0.2) is 5.82 Å². The Morgan fingerprint density at radius 3 is 3.06 bits per heavy atom. The first kappa shape index (κ1) is 12.9. The molecule has 2 rings (SSSR count). The van der Waals surface area contributed by atoms with Crippen LogP contribution in [0.15, 0.2) is 6.20 Å². The molecule has 1 unspecified atom stereocenters. The maximum Gasteiger partial charge on any atom is 0.259 e. The number of anilines is 1. The van der Waals surface area contributed by atoms with Gasteiger partial charge in [-0.15, -0.1) is 0 Å². The van der Waals surface area contributed by atoms with Crippen molar-refractivity contribution in [3.8, 4) is 0 Å². The molecule has 1 amide bonds. The fourth-order valence-corrected chi connectivity index (χ4v) is 2.36. The Labute approximate surface area is 106 Å². The first-order chi connectivity index (χ1) is 8.63. The lowest BCUT2D eigenvalue weighted by Gasteiger charge is -2.33. The Morgan fingerprint density at radius 1 is 1.61 bits per heavy atom. The number of amides is 1. The Kier molecular flexibility index (Phi) is 3.84. The number of alkyl halides is 1. The average Bonchev–Trinajstić information content (AvgIpc) is 2.71. The van der Waals surface area contributed by atoms with Crippen LogP contribution in [0, 0.1) is 0 Å². The van der Waals surface area contributed by atoms with E-state index in [0.29, 0.717) is 5.56 Å². The van der Waals surface area contributed by atoms with Crippen molar-refractivity contribution >= 4 is 11.7 Å². The molecule has 0 saturated carbocycles. The van der Waals surface area contributed by atoms with Gasteiger partial charge in [-0.05, 0) is 26.2 Å². The van der Waals surface area contributed by atoms with Crippen LogP contribution in [0.5, 0.6) is 0 Å². The van der Waals surface area contributed by atoms with Gasteiger partial charge in [0.25, 0.3) is 5.91 Å². The molecule has 1 saturated heterocycles. The maximum atomic E-state index is 12.3. The van der Waals surface area contributed by atoms with Gasteiger partial charge in [-0.3, -0.25) is 9.48 Å². The number of nitrogens with zero attached hydrogens (tertiary/aromatic N) is 3. The summed E-state index contributed by atoms with van der Waals surface area (Å²) in [5, 5.41) is 3.95. The Morgan fingerprint density at radius 2 is 2.39 bits per heavy atom. The monoisotopic (exact) mass is 254 g/mol. The zero-order valence-corrected chi connectivity index (χ0v) is 10.6. The van der Waals surface area contributed by atoms with Gasteiger partial charge >= 0.3 is 0 Å². The molecule has 2 N–H and O–H groups in total. The van der Waals surface area contributed by atoms with Gasteiger partial charge < -0.3 is 10.6 Å². The van der Waals surface area contributed by atoms with E-state index in [1.54, 1.807) is 6.20 Å². The molecular weight excluding hydrogens is 235 g/mol. The van der Waals surface area contributed by atoms with E-state index in [2.05, 4.69) is 5.10 Å². The topological polar surface area (TPSA) is 64.2 Å². The van der Waals surface area contributed by atoms with Crippen LogP contribution in [-0.2, 0) is 6.54 Å². The highest BCUT2D eigenvalue weighted by Crippen LogP contribution is 2.21. The SMILES string of the molecule is CC1CCCCN1C(=O)c1cn(CCF)nc1N. The largest absolute Gasteiger partial charge is 0.382 e. The summed E-state index contributed by atoms with van der Waals surface area (Å²) in [4.78, 5) is 14.2. The fourth-order valence-electron chi connectivity index (χ4n) is 2.36. The van der Waals surface area contributed by atoms with Crippen molar-refractivity contribution < 1.29 is 9.18 Å². The van der Waals surface area contributed by atoms with E-state index in [0.717, 1.165) is 25.8 Å². The van der Waals surface area contributed by atoms with Crippen LogP contribution in [-0.4, -0.2) is 39.8 Å². The van der Waals surface area contributed by atoms with Crippen LogP contribution in [0.3, 0.4) is 0 Å². The number of hydrogen-bond donors (Lipinski definition) is 1. The number of nitrogen functional groups attached to an aromatic ring is 1. The number of hydrogen-bond acceptors (Lipinski definition) is 3. The minimum atomic E-state index is -0.519. The van der Waals surface area contributed by atoms with Gasteiger partial charge in [-0.1, -0.05) is 0 Å². The molecule has 0 radical (unpaired) electrons. The highest BCUT2D eigenvalue weighted by atomic mass is 19.1. The number of piperidine rings is 1. The first-order valence-electron chi connectivity index (χ1n) is 6.33. The van der Waals surface area contributed by atoms with E-state index in [-0.39, 0.29) is 24.3 Å². The summed E-state index contributed by atoms with van der Waals surface area (Å²) >= 11 is 0. The molecule has 0 aliphatic carbocycles. The second-order valence-corrected chi connectivity index (χ2v) is 4.72. The lowest BCUT2D eigenvalue weighted by Crippen LogP contribution is -2.42. The molecule has 5 nitrogen and oxygen atoms in total. The van der Waals surface area contributed by atoms with Gasteiger partial charge in [0.1, 0.15) is 12.2 Å². The van der Waals surface area contributed by atoms with Crippen molar-refractivity contribution in [1.82, 2.24) is 14.7 Å². The van der Waals surface area contributed by atoms with E-state index in [1.807, 2.05) is 11.8 Å². The standard InChI is InChI=1S/C12H19FN4O/c1-9-4-2-3-6-17(9)12(18)10-8-16(7-5-13)15-11(10)14/h8-9H,2-7H2,1H3,(H2,14,15). The van der Waals surface area contributed by atoms with Crippen LogP contribution >= 0.6 is 0 Å². The number of aromatic nitrogens is 2. The molecule has 1 atom stereocenters. The Balaban J connectivity index is 2.17. The molecule has 18 heavy (non-hydrogen) atoms. The van der Waals surface area contributed by atoms with Crippen LogP contribution in [0.2, 0.25) is 0 Å². The molecular formula is C12H19FN4O. The summed E-state index contributed by atoms with van der Waals surface area (Å²) in [6, 6.07) is 0.232. The second kappa shape index (κ2) is 5.37. The molecule has 1 aromatic heterocycles. The van der Waals surface area contributed by atoms with Crippen LogP contribution < -0.4 is 5.73 Å². The predicted octanol–water partition coefficient (Wildman–Crippen LogP) is 1.45. The van der Waals surface area contributed by atoms with E-state index >= 15 is 0 Å². The third-order valence-corrected chi connectivity index (χ3v) is 3.40. The molecule has 1 aliphatic heterocycles. The summed E-state index contributed by atoms with van der Waals surface area (Å²) in [6.07, 6.45) is 4.74. The minimum Gasteiger partial charge on any atom is -0.382 e. The number of halogens is 1. The summed E-state index contributed by atoms with van der Waals surface area (Å²) < 4.78 is 13.6. The highest BCUT2D eigenvalue weighted by molar-refractivity contribution is 5.98. The highest BCUT2D eigenvalue weighted by Gasteiger charge is 2.26. The zero-order chi connectivity index (χ0) is 13.1. The van der Waals surface area contributed by atoms with Crippen molar-refractivity contribution in [2.24, 2.45) is 0 Å². The summed E-state index contributed by atoms with van der Waals surface area (Å²) in [7, 11) is 0. The molecule has 0 aromatic carbocycles. The van der Waals surface area contributed by atoms with Crippen molar-refractivity contribution in [3.05, 3.63) is 11.8 Å². The molecule has 0 spiro atoms. The van der Waals surface area contributed by atoms with Crippen LogP contribution in [0.1, 0.15) is 36.5 Å². The number of aryl methyl sites for hydroxylation is 1. The van der Waals surface area contributed by atoms with Gasteiger partial charge in [-0.2, -0.15) is 5.10 Å². The summed E-state index contributed by atoms with van der Waals surface area (Å²) in [5.41, 5.74) is 6.11. The van der Waals surface area contributed by atoms with E-state index < -0.39 is 6.67 Å². The minimum absolute atomic E-state index is 0.0928. The third kappa shape index (κ3) is 2.47. The van der Waals surface area contributed by atoms with Crippen LogP contribution in [0.4, 0.5) is 10.2 Å². The quantitative estimate of drug-likeness (QED) is 0.888. The normalized spacial score (nSPS) is 20.1. The molecule has 2 heterocycles. The maximum absolute atomic E-state index is 12.3. The van der Waals surface area contributed by atoms with Gasteiger partial charge in [0, 0.05) is 18.8 Å². The van der Waals surface area contributed by atoms with Crippen molar-refractivity contribution in [1.29, 1.82) is 0 Å². The zero-order valence-electron chi connectivity index (χ0n) is 10.6. The molecule has 1 fully saturated rings. The van der Waals surface area contributed by atoms with Crippen molar-refractivity contribution in [3.63, 3.8) is 0 Å². The molecule has 100 valence electrons. The first-order valence-corrected chi connectivity index (χ1v) is 6.33. The van der Waals surface area contributed by atoms with Crippen molar-refractivity contribution in [2.75, 3.05) is 19.0 Å². The van der Waals surface area contributed by atoms with Gasteiger partial charge in [0.2, 0.25) is 0 Å². The predicted molar refractivity (Wildman–Crippen MR) is 67.0 cm³/mol. The number of rotatable bonds is 3. The number of carbonyl (C=O) groups is 1. The van der Waals surface area contributed by atoms with E-state index in [4.69, 9.17) is 5.73 Å².